The van der Waals surface area contributed by atoms with Gasteiger partial charge < -0.3 is 24.6 Å². The molecule has 3 aromatic carbocycles. The zero-order valence-electron chi connectivity index (χ0n) is 23.8. The zero-order chi connectivity index (χ0) is 29.0. The molecule has 1 aromatic heterocycles. The summed E-state index contributed by atoms with van der Waals surface area (Å²) in [5.74, 6) is 1.64. The predicted octanol–water partition coefficient (Wildman–Crippen LogP) is 5.52. The number of hydrogen-bond acceptors (Lipinski definition) is 6. The fraction of sp³-hybridized carbons (Fsp3) is 0.324. The zero-order valence-corrected chi connectivity index (χ0v) is 23.8. The third-order valence-corrected chi connectivity index (χ3v) is 9.00. The Kier molecular flexibility index (Phi) is 6.58. The van der Waals surface area contributed by atoms with Crippen LogP contribution in [-0.2, 0) is 9.53 Å². The van der Waals surface area contributed by atoms with Crippen LogP contribution in [0, 0.1) is 17.8 Å². The third kappa shape index (κ3) is 4.86. The van der Waals surface area contributed by atoms with Crippen molar-refractivity contribution in [2.45, 2.75) is 25.3 Å². The van der Waals surface area contributed by atoms with E-state index in [0.717, 1.165) is 42.6 Å². The summed E-state index contributed by atoms with van der Waals surface area (Å²) in [5.41, 5.74) is 4.60. The number of fused-ring (bicyclic) bond motifs is 2. The van der Waals surface area contributed by atoms with Crippen LogP contribution in [-0.4, -0.2) is 65.9 Å². The molecular weight excluding hydrogens is 528 g/mol. The number of aromatic hydroxyl groups is 1. The summed E-state index contributed by atoms with van der Waals surface area (Å²) >= 11 is 0. The van der Waals surface area contributed by atoms with Crippen LogP contribution < -0.4 is 4.90 Å². The van der Waals surface area contributed by atoms with Gasteiger partial charge in [-0.1, -0.05) is 36.4 Å². The summed E-state index contributed by atoms with van der Waals surface area (Å²) in [6, 6.07) is 23.0. The average molecular weight is 563 g/mol. The van der Waals surface area contributed by atoms with Crippen LogP contribution in [0.25, 0.3) is 10.9 Å². The number of hydrogen-bond donors (Lipinski definition) is 2. The predicted molar refractivity (Wildman–Crippen MR) is 163 cm³/mol. The van der Waals surface area contributed by atoms with Crippen LogP contribution in [0.5, 0.6) is 5.88 Å². The number of carbonyl (C=O) groups excluding carboxylic acids is 2. The quantitative estimate of drug-likeness (QED) is 0.218. The summed E-state index contributed by atoms with van der Waals surface area (Å²) in [6.45, 7) is 2.22. The first-order valence-electron chi connectivity index (χ1n) is 14.6. The molecule has 3 fully saturated rings. The van der Waals surface area contributed by atoms with Crippen LogP contribution >= 0.6 is 0 Å². The number of aromatic nitrogens is 1. The van der Waals surface area contributed by atoms with E-state index in [0.29, 0.717) is 52.2 Å². The van der Waals surface area contributed by atoms with E-state index in [1.54, 1.807) is 18.2 Å². The number of nitrogens with zero attached hydrogens (tertiary/aromatic N) is 3. The van der Waals surface area contributed by atoms with Crippen LogP contribution in [0.15, 0.2) is 77.8 Å². The minimum Gasteiger partial charge on any atom is -0.494 e. The number of anilines is 1. The molecule has 1 aliphatic heterocycles. The standard InChI is InChI=1S/C34H34N4O4/c1-37-18-27-26(28(27)19-37)17-30(39)38(24-13-14-24)23-11-9-22(10-12-23)35-32(20-6-4-3-5-7-20)31-25-15-8-21(34(41)42-2)16-29(25)36-33(31)40/h3-12,15-16,24,26-28,36,40H,13-14,17-19H2,1-2H3. The van der Waals surface area contributed by atoms with Crippen LogP contribution in [0.4, 0.5) is 11.4 Å². The van der Waals surface area contributed by atoms with Crippen molar-refractivity contribution in [3.8, 4) is 5.88 Å². The molecule has 2 heterocycles. The van der Waals surface area contributed by atoms with E-state index in [-0.39, 0.29) is 17.8 Å². The first-order chi connectivity index (χ1) is 20.4. The van der Waals surface area contributed by atoms with Gasteiger partial charge >= 0.3 is 5.97 Å². The fourth-order valence-electron chi connectivity index (χ4n) is 6.70. The van der Waals surface area contributed by atoms with Crippen molar-refractivity contribution in [1.29, 1.82) is 0 Å². The van der Waals surface area contributed by atoms with Gasteiger partial charge in [0.1, 0.15) is 0 Å². The maximum absolute atomic E-state index is 13.5. The van der Waals surface area contributed by atoms with E-state index in [1.807, 2.05) is 59.5 Å². The summed E-state index contributed by atoms with van der Waals surface area (Å²) < 4.78 is 4.86. The van der Waals surface area contributed by atoms with E-state index in [9.17, 15) is 14.7 Å². The number of rotatable bonds is 8. The van der Waals surface area contributed by atoms with E-state index >= 15 is 0 Å². The molecule has 2 atom stereocenters. The minimum absolute atomic E-state index is 0.0345. The minimum atomic E-state index is -0.448. The third-order valence-electron chi connectivity index (χ3n) is 9.00. The molecule has 4 aromatic rings. The highest BCUT2D eigenvalue weighted by Gasteiger charge is 2.55. The SMILES string of the molecule is COC(=O)c1ccc2c(C(=Nc3ccc(N(C(=O)CC4C5CN(C)CC45)C4CC4)cc3)c3ccccc3)c(O)[nH]c2c1. The lowest BCUT2D eigenvalue weighted by molar-refractivity contribution is -0.119. The molecule has 42 heavy (non-hydrogen) atoms. The van der Waals surface area contributed by atoms with Gasteiger partial charge in [0.25, 0.3) is 0 Å². The van der Waals surface area contributed by atoms with Crippen LogP contribution in [0.2, 0.25) is 0 Å². The monoisotopic (exact) mass is 562 g/mol. The average Bonchev–Trinajstić information content (AvgIpc) is 3.87. The van der Waals surface area contributed by atoms with Crippen molar-refractivity contribution in [3.05, 3.63) is 89.5 Å². The number of aliphatic imine (C=N–C) groups is 1. The summed E-state index contributed by atoms with van der Waals surface area (Å²) in [6.07, 6.45) is 2.72. The molecule has 2 aliphatic carbocycles. The Balaban J connectivity index is 1.20. The molecule has 8 nitrogen and oxygen atoms in total. The fourth-order valence-corrected chi connectivity index (χ4v) is 6.70. The number of amides is 1. The van der Waals surface area contributed by atoms with Crippen molar-refractivity contribution in [1.82, 2.24) is 9.88 Å². The van der Waals surface area contributed by atoms with Gasteiger partial charge in [0.15, 0.2) is 5.88 Å². The Labute approximate surface area is 244 Å². The van der Waals surface area contributed by atoms with Crippen molar-refractivity contribution in [2.24, 2.45) is 22.7 Å². The number of aromatic amines is 1. The molecule has 1 amide bonds. The maximum atomic E-state index is 13.5. The summed E-state index contributed by atoms with van der Waals surface area (Å²) in [7, 11) is 3.50. The molecule has 3 aliphatic rings. The van der Waals surface area contributed by atoms with Crippen molar-refractivity contribution in [3.63, 3.8) is 0 Å². The molecule has 2 N–H and O–H groups in total. The molecule has 2 saturated carbocycles. The second kappa shape index (κ2) is 10.4. The van der Waals surface area contributed by atoms with Crippen LogP contribution in [0.1, 0.15) is 40.7 Å². The van der Waals surface area contributed by atoms with Gasteiger partial charge in [-0.2, -0.15) is 0 Å². The number of nitrogens with one attached hydrogen (secondary N) is 1. The molecule has 1 saturated heterocycles. The number of H-pyrrole nitrogens is 1. The highest BCUT2D eigenvalue weighted by Crippen LogP contribution is 2.53. The lowest BCUT2D eigenvalue weighted by atomic mass is 10.00. The molecule has 7 rings (SSSR count). The lowest BCUT2D eigenvalue weighted by Gasteiger charge is -2.23. The molecular formula is C34H34N4O4. The van der Waals surface area contributed by atoms with Crippen molar-refractivity contribution in [2.75, 3.05) is 32.1 Å². The number of methoxy groups -OCH3 is 1. The highest BCUT2D eigenvalue weighted by atomic mass is 16.5. The van der Waals surface area contributed by atoms with Gasteiger partial charge in [-0.3, -0.25) is 4.79 Å². The molecule has 214 valence electrons. The highest BCUT2D eigenvalue weighted by molar-refractivity contribution is 6.22. The first-order valence-corrected chi connectivity index (χ1v) is 14.6. The summed E-state index contributed by atoms with van der Waals surface area (Å²) in [4.78, 5) is 37.9. The number of esters is 1. The smallest absolute Gasteiger partial charge is 0.337 e. The summed E-state index contributed by atoms with van der Waals surface area (Å²) in [5, 5.41) is 11.8. The Morgan fingerprint density at radius 2 is 1.71 bits per heavy atom. The number of likely N-dealkylation sites (tertiary alicyclic amines) is 1. The van der Waals surface area contributed by atoms with Gasteiger partial charge in [-0.05, 0) is 74.0 Å². The van der Waals surface area contributed by atoms with Crippen molar-refractivity contribution >= 4 is 39.9 Å². The van der Waals surface area contributed by atoms with E-state index in [2.05, 4.69) is 16.9 Å². The second-order valence-electron chi connectivity index (χ2n) is 11.9. The second-order valence-corrected chi connectivity index (χ2v) is 11.9. The lowest BCUT2D eigenvalue weighted by Crippen LogP contribution is -2.34. The van der Waals surface area contributed by atoms with Gasteiger partial charge in [0.05, 0.1) is 29.6 Å². The molecule has 2 unspecified atom stereocenters. The molecule has 0 radical (unpaired) electrons. The molecule has 0 spiro atoms. The van der Waals surface area contributed by atoms with E-state index < -0.39 is 5.97 Å². The molecule has 8 heteroatoms. The number of ether oxygens (including phenoxy) is 1. The maximum Gasteiger partial charge on any atom is 0.337 e. The van der Waals surface area contributed by atoms with Crippen molar-refractivity contribution < 1.29 is 19.4 Å². The largest absolute Gasteiger partial charge is 0.494 e. The van der Waals surface area contributed by atoms with Gasteiger partial charge in [-0.25, -0.2) is 9.79 Å². The van der Waals surface area contributed by atoms with Gasteiger partial charge in [0, 0.05) is 47.7 Å². The molecule has 0 bridgehead atoms. The Bertz CT molecular complexity index is 1680. The van der Waals surface area contributed by atoms with Crippen LogP contribution in [0.3, 0.4) is 0 Å². The number of piperidine rings is 1. The van der Waals surface area contributed by atoms with E-state index in [4.69, 9.17) is 9.73 Å². The van der Waals surface area contributed by atoms with E-state index in [1.165, 1.54) is 7.11 Å². The Morgan fingerprint density at radius 3 is 2.38 bits per heavy atom. The Morgan fingerprint density at radius 1 is 1.00 bits per heavy atom. The first kappa shape index (κ1) is 26.5. The topological polar surface area (TPSA) is 98.2 Å². The normalized spacial score (nSPS) is 21.8. The van der Waals surface area contributed by atoms with Gasteiger partial charge in [0.2, 0.25) is 5.91 Å². The Hall–Kier alpha value is -4.43. The number of benzene rings is 3. The number of carbonyl (C=O) groups is 2. The van der Waals surface area contributed by atoms with Gasteiger partial charge in [-0.15, -0.1) is 0 Å².